The summed E-state index contributed by atoms with van der Waals surface area (Å²) in [6.07, 6.45) is 0. The third-order valence-electron chi connectivity index (χ3n) is 3.20. The molecule has 2 aromatic rings. The zero-order valence-electron chi connectivity index (χ0n) is 14.2. The summed E-state index contributed by atoms with van der Waals surface area (Å²) in [5.41, 5.74) is 1.26. The quantitative estimate of drug-likeness (QED) is 0.718. The molecule has 0 radical (unpaired) electrons. The number of fused-ring (bicyclic) bond motifs is 1. The molecule has 0 bridgehead atoms. The van der Waals surface area contributed by atoms with Crippen LogP contribution in [-0.2, 0) is 16.4 Å². The molecule has 2 rings (SSSR count). The highest BCUT2D eigenvalue weighted by atomic mass is 16.4. The fraction of sp³-hybridized carbons (Fsp3) is 0.750. The van der Waals surface area contributed by atoms with E-state index in [-0.39, 0.29) is 16.4 Å². The van der Waals surface area contributed by atoms with E-state index in [9.17, 15) is 0 Å². The third-order valence-corrected chi connectivity index (χ3v) is 3.20. The number of oxazole rings is 1. The Bertz CT molecular complexity index is 627. The van der Waals surface area contributed by atoms with Gasteiger partial charge in [0.25, 0.3) is 0 Å². The van der Waals surface area contributed by atoms with E-state index in [1.165, 1.54) is 0 Å². The Hall–Kier alpha value is -1.32. The first-order valence-corrected chi connectivity index (χ1v) is 7.22. The van der Waals surface area contributed by atoms with Crippen LogP contribution >= 0.6 is 0 Å². The van der Waals surface area contributed by atoms with Gasteiger partial charge < -0.3 is 4.42 Å². The van der Waals surface area contributed by atoms with E-state index >= 15 is 0 Å². The van der Waals surface area contributed by atoms with Crippen molar-refractivity contribution in [3.8, 4) is 0 Å². The zero-order valence-corrected chi connectivity index (χ0v) is 14.2. The van der Waals surface area contributed by atoms with Gasteiger partial charge in [-0.05, 0) is 20.8 Å². The van der Waals surface area contributed by atoms with Crippen molar-refractivity contribution in [1.82, 2.24) is 14.5 Å². The molecule has 0 saturated heterocycles. The number of rotatable bonds is 0. The van der Waals surface area contributed by atoms with Crippen LogP contribution in [0.5, 0.6) is 0 Å². The van der Waals surface area contributed by atoms with E-state index in [0.29, 0.717) is 0 Å². The molecule has 0 fully saturated rings. The SMILES string of the molecule is CC(C)(C)c1nc2nc(C(C)(C)C)n(C(C)(C)C)c2o1. The first kappa shape index (κ1) is 15.1. The Morgan fingerprint density at radius 2 is 1.35 bits per heavy atom. The minimum Gasteiger partial charge on any atom is -0.422 e. The van der Waals surface area contributed by atoms with Crippen LogP contribution in [0.25, 0.3) is 11.4 Å². The zero-order chi connectivity index (χ0) is 15.5. The minimum absolute atomic E-state index is 0.0433. The van der Waals surface area contributed by atoms with E-state index in [0.717, 1.165) is 23.1 Å². The van der Waals surface area contributed by atoms with Gasteiger partial charge in [-0.25, -0.2) is 4.98 Å². The van der Waals surface area contributed by atoms with Crippen LogP contribution in [0.4, 0.5) is 0 Å². The summed E-state index contributed by atoms with van der Waals surface area (Å²) in [4.78, 5) is 9.34. The van der Waals surface area contributed by atoms with Crippen molar-refractivity contribution in [2.24, 2.45) is 0 Å². The Morgan fingerprint density at radius 3 is 1.75 bits per heavy atom. The van der Waals surface area contributed by atoms with Crippen LogP contribution in [-0.4, -0.2) is 14.5 Å². The lowest BCUT2D eigenvalue weighted by atomic mass is 9.94. The van der Waals surface area contributed by atoms with Crippen molar-refractivity contribution in [3.63, 3.8) is 0 Å². The summed E-state index contributed by atoms with van der Waals surface area (Å²) < 4.78 is 8.24. The molecule has 0 aromatic carbocycles. The number of imidazole rings is 1. The Labute approximate surface area is 121 Å². The van der Waals surface area contributed by atoms with Crippen molar-refractivity contribution in [2.45, 2.75) is 78.7 Å². The highest BCUT2D eigenvalue weighted by Gasteiger charge is 2.32. The normalized spacial score (nSPS) is 14.2. The molecule has 2 heterocycles. The predicted octanol–water partition coefficient (Wildman–Crippen LogP) is 4.37. The minimum atomic E-state index is -0.106. The molecule has 0 aliphatic heterocycles. The van der Waals surface area contributed by atoms with Gasteiger partial charge in [-0.15, -0.1) is 0 Å². The van der Waals surface area contributed by atoms with E-state index in [1.54, 1.807) is 0 Å². The molecule has 20 heavy (non-hydrogen) atoms. The molecule has 112 valence electrons. The van der Waals surface area contributed by atoms with Crippen LogP contribution in [0.2, 0.25) is 0 Å². The predicted molar refractivity (Wildman–Crippen MR) is 82.2 cm³/mol. The second-order valence-electron chi connectivity index (χ2n) is 8.59. The summed E-state index contributed by atoms with van der Waals surface area (Å²) in [7, 11) is 0. The molecule has 0 aliphatic carbocycles. The topological polar surface area (TPSA) is 43.9 Å². The second-order valence-corrected chi connectivity index (χ2v) is 8.59. The summed E-state index contributed by atoms with van der Waals surface area (Å²) >= 11 is 0. The van der Waals surface area contributed by atoms with Gasteiger partial charge >= 0.3 is 0 Å². The molecular formula is C16H27N3O. The van der Waals surface area contributed by atoms with Gasteiger partial charge in [0.05, 0.1) is 0 Å². The van der Waals surface area contributed by atoms with E-state index in [2.05, 4.69) is 71.9 Å². The molecule has 0 spiro atoms. The van der Waals surface area contributed by atoms with E-state index < -0.39 is 0 Å². The van der Waals surface area contributed by atoms with Gasteiger partial charge in [-0.2, -0.15) is 4.98 Å². The maximum absolute atomic E-state index is 6.06. The first-order chi connectivity index (χ1) is 8.82. The number of aromatic nitrogens is 3. The summed E-state index contributed by atoms with van der Waals surface area (Å²) in [5, 5.41) is 0. The maximum atomic E-state index is 6.06. The summed E-state index contributed by atoms with van der Waals surface area (Å²) in [6.45, 7) is 19.3. The van der Waals surface area contributed by atoms with Gasteiger partial charge in [-0.1, -0.05) is 41.5 Å². The lowest BCUT2D eigenvalue weighted by molar-refractivity contribution is 0.332. The standard InChI is InChI=1S/C16H27N3O/c1-14(2,3)12-17-10-11(19(12)16(7,8)9)20-13(18-10)15(4,5)6/h1-9H3. The lowest BCUT2D eigenvalue weighted by Gasteiger charge is -2.28. The van der Waals surface area contributed by atoms with Crippen molar-refractivity contribution in [3.05, 3.63) is 11.7 Å². The first-order valence-electron chi connectivity index (χ1n) is 7.22. The number of hydrogen-bond donors (Lipinski definition) is 0. The molecule has 4 heteroatoms. The molecular weight excluding hydrogens is 250 g/mol. The third kappa shape index (κ3) is 2.48. The Kier molecular flexibility index (Phi) is 3.08. The molecule has 0 unspecified atom stereocenters. The summed E-state index contributed by atoms with van der Waals surface area (Å²) in [6, 6.07) is 0. The molecule has 0 atom stereocenters. The van der Waals surface area contributed by atoms with Gasteiger partial charge in [0.15, 0.2) is 0 Å². The maximum Gasteiger partial charge on any atom is 0.248 e. The van der Waals surface area contributed by atoms with Crippen molar-refractivity contribution in [1.29, 1.82) is 0 Å². The van der Waals surface area contributed by atoms with E-state index in [4.69, 9.17) is 9.40 Å². The molecule has 4 nitrogen and oxygen atoms in total. The molecule has 0 amide bonds. The molecule has 0 aliphatic rings. The lowest BCUT2D eigenvalue weighted by Crippen LogP contribution is -2.29. The van der Waals surface area contributed by atoms with Crippen molar-refractivity contribution < 1.29 is 4.42 Å². The van der Waals surface area contributed by atoms with Gasteiger partial charge in [0, 0.05) is 16.4 Å². The van der Waals surface area contributed by atoms with Gasteiger partial charge in [0.2, 0.25) is 17.3 Å². The number of nitrogens with zero attached hydrogens (tertiary/aromatic N) is 3. The van der Waals surface area contributed by atoms with Gasteiger partial charge in [0.1, 0.15) is 5.82 Å². The van der Waals surface area contributed by atoms with Crippen LogP contribution in [0.3, 0.4) is 0 Å². The largest absolute Gasteiger partial charge is 0.422 e. The average Bonchev–Trinajstić information content (AvgIpc) is 2.66. The van der Waals surface area contributed by atoms with E-state index in [1.807, 2.05) is 0 Å². The highest BCUT2D eigenvalue weighted by Crippen LogP contribution is 2.34. The fourth-order valence-electron chi connectivity index (χ4n) is 2.22. The van der Waals surface area contributed by atoms with Crippen LogP contribution in [0.1, 0.15) is 74.0 Å². The fourth-order valence-corrected chi connectivity index (χ4v) is 2.22. The molecule has 2 aromatic heterocycles. The summed E-state index contributed by atoms with van der Waals surface area (Å²) in [5.74, 6) is 1.76. The van der Waals surface area contributed by atoms with Crippen LogP contribution in [0.15, 0.2) is 4.42 Å². The molecule has 0 saturated carbocycles. The second kappa shape index (κ2) is 4.09. The highest BCUT2D eigenvalue weighted by molar-refractivity contribution is 5.66. The Morgan fingerprint density at radius 1 is 0.800 bits per heavy atom. The van der Waals surface area contributed by atoms with Crippen LogP contribution in [0, 0.1) is 0 Å². The monoisotopic (exact) mass is 277 g/mol. The Balaban J connectivity index is 2.77. The smallest absolute Gasteiger partial charge is 0.248 e. The van der Waals surface area contributed by atoms with Crippen LogP contribution < -0.4 is 0 Å². The molecule has 0 N–H and O–H groups in total. The van der Waals surface area contributed by atoms with Crippen molar-refractivity contribution in [2.75, 3.05) is 0 Å². The van der Waals surface area contributed by atoms with Gasteiger partial charge in [-0.3, -0.25) is 4.57 Å². The average molecular weight is 277 g/mol. The van der Waals surface area contributed by atoms with Crippen molar-refractivity contribution >= 4 is 11.4 Å². The number of hydrogen-bond acceptors (Lipinski definition) is 3.